The molecule has 0 aliphatic rings. The Morgan fingerprint density at radius 2 is 1.35 bits per heavy atom. The number of rotatable bonds is 11. The van der Waals surface area contributed by atoms with E-state index in [2.05, 4.69) is 41.0 Å². The molecule has 4 N–H and O–H groups in total. The summed E-state index contributed by atoms with van der Waals surface area (Å²) in [6.45, 7) is 3.78. The van der Waals surface area contributed by atoms with Crippen LogP contribution in [0, 0.1) is 23.0 Å². The Morgan fingerprint density at radius 1 is 0.682 bits per heavy atom. The summed E-state index contributed by atoms with van der Waals surface area (Å²) in [5.41, 5.74) is 18.4. The van der Waals surface area contributed by atoms with Crippen molar-refractivity contribution in [2.45, 2.75) is 32.7 Å². The smallest absolute Gasteiger partial charge is 0.293 e. The van der Waals surface area contributed by atoms with Gasteiger partial charge in [0.05, 0.1) is 39.8 Å². The Balaban J connectivity index is 0.993. The van der Waals surface area contributed by atoms with Crippen LogP contribution in [0.2, 0.25) is 0 Å². The number of ether oxygens (including phenoxy) is 1. The number of halogens is 2. The number of fused-ring (bicyclic) bond motifs is 2. The summed E-state index contributed by atoms with van der Waals surface area (Å²) >= 11 is 0. The fourth-order valence-corrected chi connectivity index (χ4v) is 7.77. The molecule has 2 aromatic carbocycles. The predicted octanol–water partition coefficient (Wildman–Crippen LogP) is 7.07. The van der Waals surface area contributed by atoms with Crippen molar-refractivity contribution < 1.29 is 18.1 Å². The van der Waals surface area contributed by atoms with Crippen LogP contribution >= 0.6 is 0 Å². The lowest BCUT2D eigenvalue weighted by molar-refractivity contribution is -0.724. The first-order valence-corrected chi connectivity index (χ1v) is 20.5. The predicted molar refractivity (Wildman–Crippen MR) is 238 cm³/mol. The fraction of sp³-hybridized carbons (Fsp3) is 0.106. The van der Waals surface area contributed by atoms with Crippen LogP contribution in [0.4, 0.5) is 20.4 Å². The van der Waals surface area contributed by atoms with Gasteiger partial charge in [-0.25, -0.2) is 58.0 Å². The SMILES string of the molecule is CC(c1cc(-c2ccccc2F)c[n+](COc2cc(-c3nn(C(C)c4ccnc(-c5ccccc5F)n4)c4ncnc(N)c34)ccn2)c1)n1nc(-c2cccc(C#N)n2)c2c(N)ncnc21. The Morgan fingerprint density at radius 3 is 2.08 bits per heavy atom. The summed E-state index contributed by atoms with van der Waals surface area (Å²) < 4.78 is 41.7. The maximum absolute atomic E-state index is 15.4. The third-order valence-corrected chi connectivity index (χ3v) is 11.1. The van der Waals surface area contributed by atoms with Crippen LogP contribution in [0.5, 0.6) is 5.88 Å². The van der Waals surface area contributed by atoms with Gasteiger partial charge < -0.3 is 16.2 Å². The van der Waals surface area contributed by atoms with E-state index in [1.807, 2.05) is 26.1 Å². The molecule has 0 saturated heterocycles. The van der Waals surface area contributed by atoms with Crippen LogP contribution in [0.25, 0.3) is 67.2 Å². The van der Waals surface area contributed by atoms with E-state index < -0.39 is 23.7 Å². The number of anilines is 2. The van der Waals surface area contributed by atoms with Gasteiger partial charge in [-0.1, -0.05) is 36.4 Å². The first-order chi connectivity index (χ1) is 32.1. The molecule has 0 amide bonds. The van der Waals surface area contributed by atoms with Crippen molar-refractivity contribution in [3.63, 3.8) is 0 Å². The molecule has 0 bridgehead atoms. The number of pyridine rings is 3. The van der Waals surface area contributed by atoms with Crippen molar-refractivity contribution in [1.82, 2.24) is 59.4 Å². The summed E-state index contributed by atoms with van der Waals surface area (Å²) in [4.78, 5) is 35.5. The second-order valence-corrected chi connectivity index (χ2v) is 15.2. The van der Waals surface area contributed by atoms with Crippen molar-refractivity contribution in [3.05, 3.63) is 157 Å². The Labute approximate surface area is 373 Å². The van der Waals surface area contributed by atoms with Crippen LogP contribution in [-0.2, 0) is 6.73 Å². The largest absolute Gasteiger partial charge is 0.418 e. The third kappa shape index (κ3) is 7.47. The van der Waals surface area contributed by atoms with E-state index in [-0.39, 0.29) is 41.3 Å². The quantitative estimate of drug-likeness (QED) is 0.124. The monoisotopic (exact) mass is 877 g/mol. The number of nitrogen functional groups attached to an aromatic ring is 2. The Bertz CT molecular complexity index is 3530. The van der Waals surface area contributed by atoms with E-state index in [0.29, 0.717) is 61.5 Å². The van der Waals surface area contributed by atoms with Crippen molar-refractivity contribution >= 4 is 33.7 Å². The van der Waals surface area contributed by atoms with Gasteiger partial charge in [0.15, 0.2) is 29.5 Å². The molecule has 322 valence electrons. The normalized spacial score (nSPS) is 12.3. The van der Waals surface area contributed by atoms with E-state index in [1.54, 1.807) is 105 Å². The zero-order valence-corrected chi connectivity index (χ0v) is 35.1. The number of hydrogen-bond acceptors (Lipinski definition) is 14. The maximum Gasteiger partial charge on any atom is 0.293 e. The minimum absolute atomic E-state index is 0.0426. The summed E-state index contributed by atoms with van der Waals surface area (Å²) in [5, 5.41) is 20.4. The number of nitrogens with zero attached hydrogens (tertiary/aromatic N) is 14. The molecule has 0 aliphatic carbocycles. The second-order valence-electron chi connectivity index (χ2n) is 15.2. The zero-order chi connectivity index (χ0) is 45.5. The summed E-state index contributed by atoms with van der Waals surface area (Å²) in [5.74, 6) is 0.0511. The third-order valence-electron chi connectivity index (χ3n) is 11.1. The Kier molecular flexibility index (Phi) is 10.4. The molecule has 17 nitrogen and oxygen atoms in total. The van der Waals surface area contributed by atoms with Crippen LogP contribution in [0.15, 0.2) is 128 Å². The average molecular weight is 878 g/mol. The highest BCUT2D eigenvalue weighted by atomic mass is 19.1. The van der Waals surface area contributed by atoms with Gasteiger partial charge in [-0.2, -0.15) is 20.0 Å². The molecule has 10 rings (SSSR count). The molecule has 2 atom stereocenters. The molecule has 2 unspecified atom stereocenters. The van der Waals surface area contributed by atoms with E-state index in [0.717, 1.165) is 5.56 Å². The van der Waals surface area contributed by atoms with E-state index in [9.17, 15) is 9.65 Å². The minimum atomic E-state index is -0.499. The summed E-state index contributed by atoms with van der Waals surface area (Å²) in [6.07, 6.45) is 9.53. The van der Waals surface area contributed by atoms with Crippen molar-refractivity contribution in [2.75, 3.05) is 11.5 Å². The zero-order valence-electron chi connectivity index (χ0n) is 35.1. The molecule has 0 fully saturated rings. The van der Waals surface area contributed by atoms with Gasteiger partial charge in [-0.15, -0.1) is 0 Å². The lowest BCUT2D eigenvalue weighted by Gasteiger charge is -2.14. The molecule has 8 aromatic heterocycles. The summed E-state index contributed by atoms with van der Waals surface area (Å²) in [6, 6.07) is 26.1. The molecule has 0 spiro atoms. The highest BCUT2D eigenvalue weighted by Crippen LogP contribution is 2.36. The highest BCUT2D eigenvalue weighted by Gasteiger charge is 2.26. The van der Waals surface area contributed by atoms with Crippen LogP contribution < -0.4 is 20.8 Å². The van der Waals surface area contributed by atoms with Crippen molar-refractivity contribution in [1.29, 1.82) is 5.26 Å². The van der Waals surface area contributed by atoms with E-state index in [4.69, 9.17) is 31.4 Å². The van der Waals surface area contributed by atoms with E-state index >= 15 is 4.39 Å². The number of hydrogen-bond donors (Lipinski definition) is 2. The standard InChI is InChI=1S/C47H35F2N16O/c1-26(64-47-40(44(52)56-24-58-47)42(62-64)37-13-7-8-31(20-50)59-37)29-18-30(32-9-3-5-11-34(32)48)22-63(21-29)25-66-38-19-28(14-16-53-38)41-39-43(51)55-23-57-46(39)65(61-41)27(2)36-15-17-54-45(60-36)33-10-4-6-12-35(33)49/h3-19,21-24,26-27H,25H2,1-2H3,(H2,51,55,57)(H2,52,56,58)/q+1. The van der Waals surface area contributed by atoms with E-state index in [1.165, 1.54) is 24.8 Å². The second kappa shape index (κ2) is 16.8. The first-order valence-electron chi connectivity index (χ1n) is 20.5. The molecule has 0 saturated carbocycles. The number of nitrogens with two attached hydrogens (primary N) is 2. The Hall–Kier alpha value is -9.18. The van der Waals surface area contributed by atoms with Gasteiger partial charge >= 0.3 is 0 Å². The maximum atomic E-state index is 15.4. The van der Waals surface area contributed by atoms with Gasteiger partial charge in [0.1, 0.15) is 59.1 Å². The molecule has 10 aromatic rings. The van der Waals surface area contributed by atoms with Gasteiger partial charge in [0, 0.05) is 40.7 Å². The molecular formula is C47H35F2N16O+. The lowest BCUT2D eigenvalue weighted by Crippen LogP contribution is -2.37. The van der Waals surface area contributed by atoms with Gasteiger partial charge in [0.25, 0.3) is 6.73 Å². The molecule has 0 radical (unpaired) electrons. The molecular weight excluding hydrogens is 843 g/mol. The van der Waals surface area contributed by atoms with Crippen LogP contribution in [0.3, 0.4) is 0 Å². The first kappa shape index (κ1) is 40.9. The van der Waals surface area contributed by atoms with Gasteiger partial charge in [-0.3, -0.25) is 0 Å². The topological polar surface area (TPSA) is 228 Å². The number of benzene rings is 2. The molecule has 8 heterocycles. The van der Waals surface area contributed by atoms with Gasteiger partial charge in [-0.05, 0) is 62.4 Å². The van der Waals surface area contributed by atoms with Crippen LogP contribution in [-0.4, -0.2) is 59.4 Å². The van der Waals surface area contributed by atoms with Gasteiger partial charge in [0.2, 0.25) is 5.88 Å². The minimum Gasteiger partial charge on any atom is -0.418 e. The molecule has 0 aliphatic heterocycles. The highest BCUT2D eigenvalue weighted by molar-refractivity contribution is 5.99. The summed E-state index contributed by atoms with van der Waals surface area (Å²) in [7, 11) is 0. The van der Waals surface area contributed by atoms with Crippen LogP contribution in [0.1, 0.15) is 42.9 Å². The number of aromatic nitrogens is 13. The fourth-order valence-electron chi connectivity index (χ4n) is 7.77. The molecule has 66 heavy (non-hydrogen) atoms. The number of nitriles is 1. The average Bonchev–Trinajstić information content (AvgIpc) is 3.95. The lowest BCUT2D eigenvalue weighted by atomic mass is 10.0. The van der Waals surface area contributed by atoms with Crippen molar-refractivity contribution in [3.8, 4) is 57.1 Å². The van der Waals surface area contributed by atoms with Crippen molar-refractivity contribution in [2.24, 2.45) is 0 Å². The molecule has 19 heteroatoms.